The number of hydrogen-bond acceptors (Lipinski definition) is 2. The molecular weight excluding hydrogens is 312 g/mol. The molecule has 0 radical (unpaired) electrons. The van der Waals surface area contributed by atoms with E-state index in [0.717, 1.165) is 48.3 Å². The molecule has 1 heterocycles. The lowest BCUT2D eigenvalue weighted by molar-refractivity contribution is -0.148. The largest absolute Gasteiger partial charge is 0.340 e. The van der Waals surface area contributed by atoms with E-state index in [9.17, 15) is 9.59 Å². The first kappa shape index (κ1) is 15.4. The van der Waals surface area contributed by atoms with E-state index in [1.54, 1.807) is 4.90 Å². The van der Waals surface area contributed by atoms with Crippen LogP contribution in [-0.2, 0) is 9.59 Å². The molecule has 4 aliphatic carbocycles. The van der Waals surface area contributed by atoms with Gasteiger partial charge in [0, 0.05) is 23.2 Å². The highest BCUT2D eigenvalue weighted by Crippen LogP contribution is 2.60. The lowest BCUT2D eigenvalue weighted by atomic mass is 9.49. The van der Waals surface area contributed by atoms with Gasteiger partial charge in [0.1, 0.15) is 6.04 Å². The number of anilines is 1. The number of nitrogens with one attached hydrogen (secondary N) is 1. The molecule has 4 fully saturated rings. The zero-order valence-electron chi connectivity index (χ0n) is 14.8. The van der Waals surface area contributed by atoms with Gasteiger partial charge in [-0.1, -0.05) is 18.2 Å². The van der Waals surface area contributed by atoms with Crippen molar-refractivity contribution in [1.82, 2.24) is 5.32 Å². The molecule has 0 spiro atoms. The first-order valence-electron chi connectivity index (χ1n) is 9.81. The Labute approximate surface area is 149 Å². The average molecular weight is 338 g/mol. The van der Waals surface area contributed by atoms with Crippen LogP contribution < -0.4 is 10.2 Å². The smallest absolute Gasteiger partial charge is 0.254 e. The summed E-state index contributed by atoms with van der Waals surface area (Å²) >= 11 is 0. The van der Waals surface area contributed by atoms with E-state index in [0.29, 0.717) is 6.54 Å². The second-order valence-corrected chi connectivity index (χ2v) is 8.75. The van der Waals surface area contributed by atoms with E-state index in [1.165, 1.54) is 19.3 Å². The lowest BCUT2D eigenvalue weighted by Gasteiger charge is -2.55. The third-order valence-electron chi connectivity index (χ3n) is 7.16. The molecule has 1 aromatic carbocycles. The molecule has 5 aliphatic rings. The van der Waals surface area contributed by atoms with Crippen molar-refractivity contribution in [2.75, 3.05) is 11.4 Å². The van der Waals surface area contributed by atoms with Crippen LogP contribution in [0.25, 0.3) is 0 Å². The highest BCUT2D eigenvalue weighted by molar-refractivity contribution is 6.06. The number of carbonyl (C=O) groups excluding carboxylic acids is 2. The summed E-state index contributed by atoms with van der Waals surface area (Å²) in [5, 5.41) is 3.18. The monoisotopic (exact) mass is 338 g/mol. The van der Waals surface area contributed by atoms with Crippen molar-refractivity contribution in [2.45, 2.75) is 51.5 Å². The number of benzene rings is 1. The Balaban J connectivity index is 1.42. The van der Waals surface area contributed by atoms with Gasteiger partial charge >= 0.3 is 0 Å². The fourth-order valence-electron chi connectivity index (χ4n) is 6.52. The van der Waals surface area contributed by atoms with Crippen molar-refractivity contribution < 1.29 is 9.59 Å². The molecule has 132 valence electrons. The van der Waals surface area contributed by atoms with Gasteiger partial charge < -0.3 is 10.2 Å². The van der Waals surface area contributed by atoms with Gasteiger partial charge in [0.05, 0.1) is 0 Å². The van der Waals surface area contributed by atoms with Crippen LogP contribution in [0.5, 0.6) is 0 Å². The van der Waals surface area contributed by atoms with E-state index in [-0.39, 0.29) is 17.2 Å². The molecule has 1 aromatic rings. The van der Waals surface area contributed by atoms with Crippen LogP contribution in [0, 0.1) is 23.2 Å². The number of carbonyl (C=O) groups is 2. The van der Waals surface area contributed by atoms with Gasteiger partial charge in [0.25, 0.3) is 5.91 Å². The van der Waals surface area contributed by atoms with Crippen molar-refractivity contribution in [3.8, 4) is 0 Å². The molecule has 1 atom stereocenters. The molecule has 1 N–H and O–H groups in total. The number of nitrogens with zero attached hydrogens (tertiary/aromatic N) is 1. The highest BCUT2D eigenvalue weighted by atomic mass is 16.2. The van der Waals surface area contributed by atoms with Gasteiger partial charge in [-0.15, -0.1) is 0 Å². The van der Waals surface area contributed by atoms with Crippen molar-refractivity contribution in [3.05, 3.63) is 29.8 Å². The Bertz CT molecular complexity index is 706. The predicted molar refractivity (Wildman–Crippen MR) is 96.0 cm³/mol. The van der Waals surface area contributed by atoms with Gasteiger partial charge in [-0.2, -0.15) is 0 Å². The normalized spacial score (nSPS) is 38.1. The van der Waals surface area contributed by atoms with Crippen LogP contribution >= 0.6 is 0 Å². The number of likely N-dealkylation sites (N-methyl/N-ethyl adjacent to an activating group) is 1. The lowest BCUT2D eigenvalue weighted by Crippen LogP contribution is -2.54. The standard InChI is InChI=1S/C21H26N2O2/c1-2-23-17-6-4-3-5-16(17)18(19(23)24)22-20(25)21-10-13-7-14(11-21)9-15(8-13)12-21/h3-6,13-15,18H,2,7-12H2,1H3,(H,22,25). The molecule has 25 heavy (non-hydrogen) atoms. The molecule has 2 amide bonds. The summed E-state index contributed by atoms with van der Waals surface area (Å²) in [5.74, 6) is 2.35. The molecule has 1 aliphatic heterocycles. The fourth-order valence-corrected chi connectivity index (χ4v) is 6.52. The maximum absolute atomic E-state index is 13.3. The molecule has 0 aromatic heterocycles. The number of hydrogen-bond donors (Lipinski definition) is 1. The maximum Gasteiger partial charge on any atom is 0.254 e. The first-order valence-corrected chi connectivity index (χ1v) is 9.81. The average Bonchev–Trinajstić information content (AvgIpc) is 2.85. The number of rotatable bonds is 3. The third kappa shape index (κ3) is 2.19. The summed E-state index contributed by atoms with van der Waals surface area (Å²) in [5.41, 5.74) is 1.70. The molecule has 4 bridgehead atoms. The zero-order valence-corrected chi connectivity index (χ0v) is 14.8. The minimum atomic E-state index is -0.503. The van der Waals surface area contributed by atoms with Crippen LogP contribution in [0.2, 0.25) is 0 Å². The summed E-state index contributed by atoms with van der Waals surface area (Å²) in [4.78, 5) is 28.0. The minimum Gasteiger partial charge on any atom is -0.340 e. The second-order valence-electron chi connectivity index (χ2n) is 8.75. The SMILES string of the molecule is CCN1C(=O)C(NC(=O)C23CC4CC(CC(C4)C2)C3)c2ccccc21. The fraction of sp³-hybridized carbons (Fsp3) is 0.619. The van der Waals surface area contributed by atoms with Gasteiger partial charge in [0.2, 0.25) is 5.91 Å². The van der Waals surface area contributed by atoms with E-state index < -0.39 is 6.04 Å². The van der Waals surface area contributed by atoms with E-state index >= 15 is 0 Å². The molecule has 1 unspecified atom stereocenters. The summed E-state index contributed by atoms with van der Waals surface area (Å²) in [6.07, 6.45) is 7.06. The van der Waals surface area contributed by atoms with Gasteiger partial charge in [-0.05, 0) is 69.3 Å². The van der Waals surface area contributed by atoms with Gasteiger partial charge in [-0.25, -0.2) is 0 Å². The summed E-state index contributed by atoms with van der Waals surface area (Å²) in [6.45, 7) is 2.62. The molecule has 6 rings (SSSR count). The quantitative estimate of drug-likeness (QED) is 0.918. The molecular formula is C21H26N2O2. The van der Waals surface area contributed by atoms with Crippen LogP contribution in [0.4, 0.5) is 5.69 Å². The molecule has 4 heteroatoms. The second kappa shape index (κ2) is 5.33. The van der Waals surface area contributed by atoms with Crippen LogP contribution in [0.3, 0.4) is 0 Å². The minimum absolute atomic E-state index is 0.0155. The highest BCUT2D eigenvalue weighted by Gasteiger charge is 2.55. The van der Waals surface area contributed by atoms with Crippen molar-refractivity contribution in [1.29, 1.82) is 0 Å². The predicted octanol–water partition coefficient (Wildman–Crippen LogP) is 3.43. The Morgan fingerprint density at radius 1 is 1.12 bits per heavy atom. The third-order valence-corrected chi connectivity index (χ3v) is 7.16. The van der Waals surface area contributed by atoms with Crippen LogP contribution in [0.1, 0.15) is 57.1 Å². The zero-order chi connectivity index (χ0) is 17.2. The van der Waals surface area contributed by atoms with E-state index in [2.05, 4.69) is 5.32 Å². The van der Waals surface area contributed by atoms with Crippen molar-refractivity contribution in [2.24, 2.45) is 23.2 Å². The van der Waals surface area contributed by atoms with Gasteiger partial charge in [0.15, 0.2) is 0 Å². The number of para-hydroxylation sites is 1. The maximum atomic E-state index is 13.3. The van der Waals surface area contributed by atoms with Gasteiger partial charge in [-0.3, -0.25) is 9.59 Å². The van der Waals surface area contributed by atoms with Crippen LogP contribution in [0.15, 0.2) is 24.3 Å². The van der Waals surface area contributed by atoms with Crippen molar-refractivity contribution >= 4 is 17.5 Å². The Morgan fingerprint density at radius 3 is 2.32 bits per heavy atom. The topological polar surface area (TPSA) is 49.4 Å². The molecule has 4 saturated carbocycles. The van der Waals surface area contributed by atoms with Crippen LogP contribution in [-0.4, -0.2) is 18.4 Å². The molecule has 4 nitrogen and oxygen atoms in total. The Kier molecular flexibility index (Phi) is 3.28. The van der Waals surface area contributed by atoms with E-state index in [4.69, 9.17) is 0 Å². The first-order chi connectivity index (χ1) is 12.1. The Morgan fingerprint density at radius 2 is 1.72 bits per heavy atom. The number of fused-ring (bicyclic) bond motifs is 1. The summed E-state index contributed by atoms with van der Waals surface area (Å²) in [7, 11) is 0. The van der Waals surface area contributed by atoms with E-state index in [1.807, 2.05) is 31.2 Å². The summed E-state index contributed by atoms with van der Waals surface area (Å²) in [6, 6.07) is 7.37. The molecule has 0 saturated heterocycles. The number of amides is 2. The van der Waals surface area contributed by atoms with Crippen molar-refractivity contribution in [3.63, 3.8) is 0 Å². The Hall–Kier alpha value is -1.84. The summed E-state index contributed by atoms with van der Waals surface area (Å²) < 4.78 is 0.